The molecule has 0 spiro atoms. The Labute approximate surface area is 140 Å². The second-order valence-electron chi connectivity index (χ2n) is 5.45. The van der Waals surface area contributed by atoms with E-state index in [1.807, 2.05) is 67.6 Å². The zero-order chi connectivity index (χ0) is 16.8. The highest BCUT2D eigenvalue weighted by atomic mass is 16.5. The van der Waals surface area contributed by atoms with Crippen LogP contribution in [0.3, 0.4) is 0 Å². The van der Waals surface area contributed by atoms with E-state index in [2.05, 4.69) is 10.4 Å². The first-order chi connectivity index (χ1) is 11.7. The molecule has 0 radical (unpaired) electrons. The minimum absolute atomic E-state index is 0.00565. The third-order valence-corrected chi connectivity index (χ3v) is 3.56. The van der Waals surface area contributed by atoms with Gasteiger partial charge >= 0.3 is 0 Å². The highest BCUT2D eigenvalue weighted by Crippen LogP contribution is 2.19. The van der Waals surface area contributed by atoms with E-state index in [1.165, 1.54) is 0 Å². The Balaban J connectivity index is 1.62. The molecule has 0 fully saturated rings. The molecule has 0 aliphatic heterocycles. The molecule has 3 rings (SSSR count). The number of aryl methyl sites for hydroxylation is 1. The fourth-order valence-electron chi connectivity index (χ4n) is 2.35. The van der Waals surface area contributed by atoms with Crippen molar-refractivity contribution in [2.75, 3.05) is 11.9 Å². The molecule has 24 heavy (non-hydrogen) atoms. The first kappa shape index (κ1) is 16.0. The van der Waals surface area contributed by atoms with Crippen LogP contribution in [0, 0.1) is 6.92 Å². The van der Waals surface area contributed by atoms with Gasteiger partial charge in [-0.2, -0.15) is 5.10 Å². The SMILES string of the molecule is Cc1cnn(-c2ccccc2)c1NC(=O)COCc1ccccc1. The molecular formula is C19H19N3O2. The van der Waals surface area contributed by atoms with Crippen LogP contribution >= 0.6 is 0 Å². The lowest BCUT2D eigenvalue weighted by molar-refractivity contribution is -0.121. The fraction of sp³-hybridized carbons (Fsp3) is 0.158. The van der Waals surface area contributed by atoms with Crippen LogP contribution in [0.5, 0.6) is 0 Å². The molecular weight excluding hydrogens is 302 g/mol. The summed E-state index contributed by atoms with van der Waals surface area (Å²) in [5.41, 5.74) is 2.83. The van der Waals surface area contributed by atoms with Crippen molar-refractivity contribution in [2.24, 2.45) is 0 Å². The zero-order valence-electron chi connectivity index (χ0n) is 13.5. The first-order valence-electron chi connectivity index (χ1n) is 7.75. The van der Waals surface area contributed by atoms with Crippen LogP contribution in [-0.2, 0) is 16.1 Å². The molecule has 5 nitrogen and oxygen atoms in total. The molecule has 0 aliphatic rings. The van der Waals surface area contributed by atoms with Crippen molar-refractivity contribution in [1.29, 1.82) is 0 Å². The van der Waals surface area contributed by atoms with Crippen LogP contribution in [0.15, 0.2) is 66.9 Å². The summed E-state index contributed by atoms with van der Waals surface area (Å²) in [6.45, 7) is 2.31. The number of nitrogens with one attached hydrogen (secondary N) is 1. The highest BCUT2D eigenvalue weighted by Gasteiger charge is 2.12. The number of aromatic nitrogens is 2. The van der Waals surface area contributed by atoms with E-state index in [0.717, 1.165) is 16.8 Å². The highest BCUT2D eigenvalue weighted by molar-refractivity contribution is 5.91. The summed E-state index contributed by atoms with van der Waals surface area (Å²) in [5.74, 6) is 0.459. The first-order valence-corrected chi connectivity index (χ1v) is 7.75. The average molecular weight is 321 g/mol. The van der Waals surface area contributed by atoms with Crippen molar-refractivity contribution in [3.63, 3.8) is 0 Å². The van der Waals surface area contributed by atoms with E-state index < -0.39 is 0 Å². The van der Waals surface area contributed by atoms with Crippen LogP contribution in [-0.4, -0.2) is 22.3 Å². The molecule has 0 atom stereocenters. The van der Waals surface area contributed by atoms with E-state index in [4.69, 9.17) is 4.74 Å². The van der Waals surface area contributed by atoms with Crippen LogP contribution in [0.25, 0.3) is 5.69 Å². The summed E-state index contributed by atoms with van der Waals surface area (Å²) in [6, 6.07) is 19.4. The Morgan fingerprint density at radius 1 is 1.08 bits per heavy atom. The molecule has 1 amide bonds. The predicted octanol–water partition coefficient (Wildman–Crippen LogP) is 3.34. The quantitative estimate of drug-likeness (QED) is 0.757. The number of hydrogen-bond donors (Lipinski definition) is 1. The lowest BCUT2D eigenvalue weighted by atomic mass is 10.2. The maximum Gasteiger partial charge on any atom is 0.251 e. The molecule has 5 heteroatoms. The van der Waals surface area contributed by atoms with E-state index in [1.54, 1.807) is 10.9 Å². The van der Waals surface area contributed by atoms with Crippen molar-refractivity contribution in [2.45, 2.75) is 13.5 Å². The lowest BCUT2D eigenvalue weighted by Crippen LogP contribution is -2.20. The summed E-state index contributed by atoms with van der Waals surface area (Å²) in [6.07, 6.45) is 1.73. The molecule has 122 valence electrons. The van der Waals surface area contributed by atoms with E-state index in [9.17, 15) is 4.79 Å². The van der Waals surface area contributed by atoms with Gasteiger partial charge in [0.25, 0.3) is 5.91 Å². The number of benzene rings is 2. The fourth-order valence-corrected chi connectivity index (χ4v) is 2.35. The molecule has 2 aromatic carbocycles. The van der Waals surface area contributed by atoms with Crippen molar-refractivity contribution in [3.05, 3.63) is 78.0 Å². The third kappa shape index (κ3) is 3.88. The van der Waals surface area contributed by atoms with E-state index in [-0.39, 0.29) is 12.5 Å². The van der Waals surface area contributed by atoms with Gasteiger partial charge < -0.3 is 10.1 Å². The average Bonchev–Trinajstić information content (AvgIpc) is 2.97. The van der Waals surface area contributed by atoms with Gasteiger partial charge in [-0.25, -0.2) is 4.68 Å². The minimum atomic E-state index is -0.202. The van der Waals surface area contributed by atoms with Gasteiger partial charge in [0.2, 0.25) is 0 Å². The number of nitrogens with zero attached hydrogens (tertiary/aromatic N) is 2. The monoisotopic (exact) mass is 321 g/mol. The maximum absolute atomic E-state index is 12.2. The smallest absolute Gasteiger partial charge is 0.251 e. The Morgan fingerprint density at radius 2 is 1.75 bits per heavy atom. The van der Waals surface area contributed by atoms with Gasteiger partial charge in [0.15, 0.2) is 0 Å². The number of carbonyl (C=O) groups excluding carboxylic acids is 1. The molecule has 0 saturated carbocycles. The van der Waals surface area contributed by atoms with Crippen molar-refractivity contribution in [1.82, 2.24) is 9.78 Å². The standard InChI is InChI=1S/C19H19N3O2/c1-15-12-20-22(17-10-6-3-7-11-17)19(15)21-18(23)14-24-13-16-8-4-2-5-9-16/h2-12H,13-14H2,1H3,(H,21,23). The number of hydrogen-bond acceptors (Lipinski definition) is 3. The van der Waals surface area contributed by atoms with Gasteiger partial charge in [0, 0.05) is 5.56 Å². The number of ether oxygens (including phenoxy) is 1. The topological polar surface area (TPSA) is 56.2 Å². The summed E-state index contributed by atoms with van der Waals surface area (Å²) in [4.78, 5) is 12.2. The summed E-state index contributed by atoms with van der Waals surface area (Å²) >= 11 is 0. The van der Waals surface area contributed by atoms with Gasteiger partial charge in [-0.05, 0) is 24.6 Å². The third-order valence-electron chi connectivity index (χ3n) is 3.56. The van der Waals surface area contributed by atoms with Gasteiger partial charge in [0.1, 0.15) is 12.4 Å². The number of para-hydroxylation sites is 1. The number of anilines is 1. The van der Waals surface area contributed by atoms with Crippen LogP contribution in [0.1, 0.15) is 11.1 Å². The molecule has 0 bridgehead atoms. The molecule has 3 aromatic rings. The summed E-state index contributed by atoms with van der Waals surface area (Å²) in [5, 5.41) is 7.21. The van der Waals surface area contributed by atoms with Crippen molar-refractivity contribution >= 4 is 11.7 Å². The predicted molar refractivity (Wildman–Crippen MR) is 93.0 cm³/mol. The van der Waals surface area contributed by atoms with Gasteiger partial charge in [-0.1, -0.05) is 48.5 Å². The minimum Gasteiger partial charge on any atom is -0.367 e. The van der Waals surface area contributed by atoms with Crippen molar-refractivity contribution in [3.8, 4) is 5.69 Å². The Bertz CT molecular complexity index is 798. The largest absolute Gasteiger partial charge is 0.367 e. The summed E-state index contributed by atoms with van der Waals surface area (Å²) < 4.78 is 7.19. The van der Waals surface area contributed by atoms with Gasteiger partial charge in [-0.15, -0.1) is 0 Å². The van der Waals surface area contributed by atoms with Crippen LogP contribution in [0.2, 0.25) is 0 Å². The second kappa shape index (κ2) is 7.57. The van der Waals surface area contributed by atoms with E-state index in [0.29, 0.717) is 12.4 Å². The normalized spacial score (nSPS) is 10.5. The summed E-state index contributed by atoms with van der Waals surface area (Å²) in [7, 11) is 0. The van der Waals surface area contributed by atoms with Crippen molar-refractivity contribution < 1.29 is 9.53 Å². The molecule has 0 saturated heterocycles. The zero-order valence-corrected chi connectivity index (χ0v) is 13.5. The van der Waals surface area contributed by atoms with Crippen LogP contribution < -0.4 is 5.32 Å². The Morgan fingerprint density at radius 3 is 2.46 bits per heavy atom. The lowest BCUT2D eigenvalue weighted by Gasteiger charge is -2.10. The van der Waals surface area contributed by atoms with Gasteiger partial charge in [0.05, 0.1) is 18.5 Å². The Kier molecular flexibility index (Phi) is 5.03. The molecule has 0 unspecified atom stereocenters. The number of amides is 1. The molecule has 1 heterocycles. The maximum atomic E-state index is 12.2. The van der Waals surface area contributed by atoms with Gasteiger partial charge in [-0.3, -0.25) is 4.79 Å². The van der Waals surface area contributed by atoms with Crippen LogP contribution in [0.4, 0.5) is 5.82 Å². The molecule has 1 N–H and O–H groups in total. The number of carbonyl (C=O) groups is 1. The number of rotatable bonds is 6. The molecule has 1 aromatic heterocycles. The van der Waals surface area contributed by atoms with E-state index >= 15 is 0 Å². The second-order valence-corrected chi connectivity index (χ2v) is 5.45. The molecule has 0 aliphatic carbocycles. The Hall–Kier alpha value is -2.92.